The van der Waals surface area contributed by atoms with Gasteiger partial charge in [0.1, 0.15) is 0 Å². The van der Waals surface area contributed by atoms with Crippen LogP contribution in [-0.2, 0) is 14.3 Å². The van der Waals surface area contributed by atoms with Gasteiger partial charge in [-0.2, -0.15) is 0 Å². The molecular formula is C13H26N2O3. The van der Waals surface area contributed by atoms with Gasteiger partial charge in [-0.1, -0.05) is 6.92 Å². The van der Waals surface area contributed by atoms with Crippen molar-refractivity contribution in [1.29, 1.82) is 0 Å². The maximum atomic E-state index is 12.1. The molecule has 1 aliphatic heterocycles. The molecule has 0 aliphatic carbocycles. The zero-order valence-electron chi connectivity index (χ0n) is 11.9. The summed E-state index contributed by atoms with van der Waals surface area (Å²) in [5, 5.41) is 6.15. The molecule has 1 amide bonds. The highest BCUT2D eigenvalue weighted by Crippen LogP contribution is 2.31. The van der Waals surface area contributed by atoms with Gasteiger partial charge in [-0.05, 0) is 19.8 Å². The Balaban J connectivity index is 2.20. The fourth-order valence-electron chi connectivity index (χ4n) is 2.41. The van der Waals surface area contributed by atoms with Gasteiger partial charge in [0.05, 0.1) is 24.7 Å². The highest BCUT2D eigenvalue weighted by atomic mass is 16.5. The van der Waals surface area contributed by atoms with Crippen LogP contribution in [0.4, 0.5) is 0 Å². The van der Waals surface area contributed by atoms with Crippen molar-refractivity contribution < 1.29 is 14.3 Å². The quantitative estimate of drug-likeness (QED) is 0.649. The molecule has 0 aromatic rings. The van der Waals surface area contributed by atoms with Gasteiger partial charge >= 0.3 is 0 Å². The minimum atomic E-state index is -0.0287. The fraction of sp³-hybridized carbons (Fsp3) is 0.923. The van der Waals surface area contributed by atoms with E-state index in [9.17, 15) is 4.79 Å². The Kier molecular flexibility index (Phi) is 6.60. The molecule has 1 fully saturated rings. The lowest BCUT2D eigenvalue weighted by atomic mass is 9.89. The van der Waals surface area contributed by atoms with Crippen LogP contribution in [0.1, 0.15) is 20.8 Å². The molecule has 0 radical (unpaired) electrons. The van der Waals surface area contributed by atoms with E-state index in [0.717, 1.165) is 13.1 Å². The first kappa shape index (κ1) is 15.4. The van der Waals surface area contributed by atoms with E-state index in [2.05, 4.69) is 17.6 Å². The SMILES string of the molecule is COCCNCCNC(=O)C1C(C)OC(C)C1C. The van der Waals surface area contributed by atoms with Crippen molar-refractivity contribution >= 4 is 5.91 Å². The number of hydrogen-bond donors (Lipinski definition) is 2. The second-order valence-electron chi connectivity index (χ2n) is 4.97. The lowest BCUT2D eigenvalue weighted by molar-refractivity contribution is -0.127. The van der Waals surface area contributed by atoms with Gasteiger partial charge in [0.2, 0.25) is 5.91 Å². The zero-order chi connectivity index (χ0) is 13.5. The maximum absolute atomic E-state index is 12.1. The third-order valence-electron chi connectivity index (χ3n) is 3.63. The van der Waals surface area contributed by atoms with E-state index in [1.54, 1.807) is 7.11 Å². The van der Waals surface area contributed by atoms with Gasteiger partial charge in [-0.3, -0.25) is 4.79 Å². The summed E-state index contributed by atoms with van der Waals surface area (Å²) in [6, 6.07) is 0. The molecule has 0 aromatic carbocycles. The average molecular weight is 258 g/mol. The molecule has 4 unspecified atom stereocenters. The molecule has 106 valence electrons. The van der Waals surface area contributed by atoms with E-state index in [1.807, 2.05) is 13.8 Å². The van der Waals surface area contributed by atoms with Crippen LogP contribution in [-0.4, -0.2) is 51.5 Å². The van der Waals surface area contributed by atoms with E-state index in [4.69, 9.17) is 9.47 Å². The minimum Gasteiger partial charge on any atom is -0.383 e. The minimum absolute atomic E-state index is 0.0106. The number of rotatable bonds is 7. The molecule has 0 spiro atoms. The van der Waals surface area contributed by atoms with Gasteiger partial charge in [0, 0.05) is 26.7 Å². The van der Waals surface area contributed by atoms with Gasteiger partial charge in [0.15, 0.2) is 0 Å². The standard InChI is InChI=1S/C13H26N2O3/c1-9-10(2)18-11(3)12(9)13(16)15-6-5-14-7-8-17-4/h9-12,14H,5-8H2,1-4H3,(H,15,16). The Morgan fingerprint density at radius 1 is 1.17 bits per heavy atom. The molecule has 1 saturated heterocycles. The van der Waals surface area contributed by atoms with E-state index in [0.29, 0.717) is 13.2 Å². The van der Waals surface area contributed by atoms with Gasteiger partial charge < -0.3 is 20.1 Å². The fourth-order valence-corrected chi connectivity index (χ4v) is 2.41. The van der Waals surface area contributed by atoms with Crippen LogP contribution >= 0.6 is 0 Å². The molecule has 0 bridgehead atoms. The number of nitrogens with one attached hydrogen (secondary N) is 2. The Labute approximate surface area is 110 Å². The maximum Gasteiger partial charge on any atom is 0.226 e. The van der Waals surface area contributed by atoms with Crippen molar-refractivity contribution in [3.8, 4) is 0 Å². The van der Waals surface area contributed by atoms with Crippen LogP contribution < -0.4 is 10.6 Å². The average Bonchev–Trinajstić information content (AvgIpc) is 2.58. The zero-order valence-corrected chi connectivity index (χ0v) is 11.9. The summed E-state index contributed by atoms with van der Waals surface area (Å²) in [7, 11) is 1.67. The van der Waals surface area contributed by atoms with Crippen LogP contribution in [0, 0.1) is 11.8 Å². The first-order chi connectivity index (χ1) is 8.57. The van der Waals surface area contributed by atoms with Crippen LogP contribution in [0.3, 0.4) is 0 Å². The number of carbonyl (C=O) groups is 1. The second-order valence-corrected chi connectivity index (χ2v) is 4.97. The summed E-state index contributed by atoms with van der Waals surface area (Å²) in [6.07, 6.45) is 0.173. The normalized spacial score (nSPS) is 31.6. The third kappa shape index (κ3) is 4.23. The Morgan fingerprint density at radius 2 is 1.89 bits per heavy atom. The predicted octanol–water partition coefficient (Wildman–Crippen LogP) is 0.398. The first-order valence-electron chi connectivity index (χ1n) is 6.70. The topological polar surface area (TPSA) is 59.6 Å². The summed E-state index contributed by atoms with van der Waals surface area (Å²) < 4.78 is 10.6. The lowest BCUT2D eigenvalue weighted by Crippen LogP contribution is -2.40. The number of methoxy groups -OCH3 is 1. The third-order valence-corrected chi connectivity index (χ3v) is 3.63. The van der Waals surface area contributed by atoms with Crippen molar-refractivity contribution in [2.24, 2.45) is 11.8 Å². The summed E-state index contributed by atoms with van der Waals surface area (Å²) >= 11 is 0. The number of ether oxygens (including phenoxy) is 2. The predicted molar refractivity (Wildman–Crippen MR) is 70.4 cm³/mol. The molecule has 18 heavy (non-hydrogen) atoms. The van der Waals surface area contributed by atoms with Crippen LogP contribution in [0.2, 0.25) is 0 Å². The van der Waals surface area contributed by atoms with E-state index in [-0.39, 0.29) is 30.0 Å². The molecule has 1 heterocycles. The number of amides is 1. The van der Waals surface area contributed by atoms with Crippen LogP contribution in [0.15, 0.2) is 0 Å². The summed E-state index contributed by atoms with van der Waals surface area (Å²) in [5.74, 6) is 0.355. The molecule has 4 atom stereocenters. The Bertz CT molecular complexity index is 261. The molecule has 5 nitrogen and oxygen atoms in total. The smallest absolute Gasteiger partial charge is 0.226 e. The molecule has 0 saturated carbocycles. The van der Waals surface area contributed by atoms with Gasteiger partial charge in [-0.15, -0.1) is 0 Å². The second kappa shape index (κ2) is 7.71. The van der Waals surface area contributed by atoms with Gasteiger partial charge in [0.25, 0.3) is 0 Å². The summed E-state index contributed by atoms with van der Waals surface area (Å²) in [5.41, 5.74) is 0. The molecule has 2 N–H and O–H groups in total. The largest absolute Gasteiger partial charge is 0.383 e. The Hall–Kier alpha value is -0.650. The van der Waals surface area contributed by atoms with Crippen molar-refractivity contribution in [3.05, 3.63) is 0 Å². The van der Waals surface area contributed by atoms with Crippen molar-refractivity contribution in [2.75, 3.05) is 33.4 Å². The van der Waals surface area contributed by atoms with E-state index < -0.39 is 0 Å². The summed E-state index contributed by atoms with van der Waals surface area (Å²) in [4.78, 5) is 12.1. The Morgan fingerprint density at radius 3 is 2.44 bits per heavy atom. The first-order valence-corrected chi connectivity index (χ1v) is 6.70. The number of hydrogen-bond acceptors (Lipinski definition) is 4. The monoisotopic (exact) mass is 258 g/mol. The highest BCUT2D eigenvalue weighted by Gasteiger charge is 2.41. The summed E-state index contributed by atoms with van der Waals surface area (Å²) in [6.45, 7) is 8.99. The van der Waals surface area contributed by atoms with Crippen molar-refractivity contribution in [3.63, 3.8) is 0 Å². The van der Waals surface area contributed by atoms with E-state index in [1.165, 1.54) is 0 Å². The van der Waals surface area contributed by atoms with Crippen molar-refractivity contribution in [2.45, 2.75) is 33.0 Å². The highest BCUT2D eigenvalue weighted by molar-refractivity contribution is 5.79. The molecule has 1 aliphatic rings. The molecule has 5 heteroatoms. The number of carbonyl (C=O) groups excluding carboxylic acids is 1. The van der Waals surface area contributed by atoms with Crippen molar-refractivity contribution in [1.82, 2.24) is 10.6 Å². The van der Waals surface area contributed by atoms with Crippen LogP contribution in [0.25, 0.3) is 0 Å². The molecule has 0 aromatic heterocycles. The van der Waals surface area contributed by atoms with Gasteiger partial charge in [-0.25, -0.2) is 0 Å². The lowest BCUT2D eigenvalue weighted by Gasteiger charge is -2.18. The van der Waals surface area contributed by atoms with E-state index >= 15 is 0 Å². The van der Waals surface area contributed by atoms with Crippen LogP contribution in [0.5, 0.6) is 0 Å². The molecular weight excluding hydrogens is 232 g/mol. The molecule has 1 rings (SSSR count).